The van der Waals surface area contributed by atoms with Gasteiger partial charge in [-0.05, 0) is 6.07 Å². The predicted octanol–water partition coefficient (Wildman–Crippen LogP) is 1.80. The van der Waals surface area contributed by atoms with E-state index in [1.807, 2.05) is 0 Å². The summed E-state index contributed by atoms with van der Waals surface area (Å²) in [4.78, 5) is 3.23. The first-order valence-electron chi connectivity index (χ1n) is 2.67. The van der Waals surface area contributed by atoms with Crippen LogP contribution in [0.15, 0.2) is 17.3 Å². The van der Waals surface area contributed by atoms with Gasteiger partial charge < -0.3 is 0 Å². The van der Waals surface area contributed by atoms with Crippen molar-refractivity contribution < 1.29 is 12.8 Å². The molecule has 12 heavy (non-hydrogen) atoms. The van der Waals surface area contributed by atoms with Gasteiger partial charge in [0.25, 0.3) is 9.05 Å². The van der Waals surface area contributed by atoms with Crippen LogP contribution in [0.5, 0.6) is 0 Å². The van der Waals surface area contributed by atoms with E-state index in [-0.39, 0.29) is 5.02 Å². The molecule has 1 aromatic heterocycles. The molecule has 7 heteroatoms. The standard InChI is InChI=1S/C5H2Cl2FNO2S/c6-3-1-2-9-5(4(3)8)12(7,10)11/h1-2H. The van der Waals surface area contributed by atoms with Crippen LogP contribution in [-0.4, -0.2) is 13.4 Å². The molecule has 0 radical (unpaired) electrons. The molecular formula is C5H2Cl2FNO2S. The minimum Gasteiger partial charge on any atom is -0.241 e. The van der Waals surface area contributed by atoms with Crippen LogP contribution in [0.4, 0.5) is 4.39 Å². The van der Waals surface area contributed by atoms with Gasteiger partial charge in [-0.3, -0.25) is 0 Å². The van der Waals surface area contributed by atoms with Crippen molar-refractivity contribution in [2.45, 2.75) is 5.03 Å². The maximum Gasteiger partial charge on any atom is 0.281 e. The molecule has 0 fully saturated rings. The molecule has 0 amide bonds. The van der Waals surface area contributed by atoms with E-state index in [9.17, 15) is 12.8 Å². The fraction of sp³-hybridized carbons (Fsp3) is 0. The number of aromatic nitrogens is 1. The van der Waals surface area contributed by atoms with Crippen molar-refractivity contribution in [3.05, 3.63) is 23.1 Å². The summed E-state index contributed by atoms with van der Waals surface area (Å²) in [5.74, 6) is -1.13. The molecule has 0 saturated carbocycles. The van der Waals surface area contributed by atoms with E-state index in [2.05, 4.69) is 4.98 Å². The molecule has 0 aromatic carbocycles. The van der Waals surface area contributed by atoms with Gasteiger partial charge in [-0.1, -0.05) is 11.6 Å². The lowest BCUT2D eigenvalue weighted by Gasteiger charge is -1.97. The van der Waals surface area contributed by atoms with E-state index in [0.717, 1.165) is 12.3 Å². The van der Waals surface area contributed by atoms with Crippen LogP contribution in [0.3, 0.4) is 0 Å². The van der Waals surface area contributed by atoms with Crippen molar-refractivity contribution in [1.29, 1.82) is 0 Å². The molecule has 3 nitrogen and oxygen atoms in total. The second-order valence-corrected chi connectivity index (χ2v) is 4.74. The topological polar surface area (TPSA) is 47.0 Å². The fourth-order valence-corrected chi connectivity index (χ4v) is 1.61. The summed E-state index contributed by atoms with van der Waals surface area (Å²) in [5.41, 5.74) is 0. The minimum atomic E-state index is -4.15. The molecule has 1 aromatic rings. The maximum atomic E-state index is 12.8. The van der Waals surface area contributed by atoms with E-state index >= 15 is 0 Å². The molecule has 0 aliphatic rings. The van der Waals surface area contributed by atoms with Gasteiger partial charge in [0.2, 0.25) is 5.03 Å². The van der Waals surface area contributed by atoms with Crippen LogP contribution in [0.1, 0.15) is 0 Å². The molecule has 0 unspecified atom stereocenters. The Morgan fingerprint density at radius 1 is 1.50 bits per heavy atom. The second-order valence-electron chi connectivity index (χ2n) is 1.85. The van der Waals surface area contributed by atoms with Gasteiger partial charge in [-0.15, -0.1) is 0 Å². The van der Waals surface area contributed by atoms with E-state index in [1.165, 1.54) is 0 Å². The van der Waals surface area contributed by atoms with Crippen LogP contribution in [0.2, 0.25) is 5.02 Å². The third-order valence-electron chi connectivity index (χ3n) is 1.04. The van der Waals surface area contributed by atoms with Crippen molar-refractivity contribution in [2.24, 2.45) is 0 Å². The number of halogens is 3. The Morgan fingerprint density at radius 3 is 2.50 bits per heavy atom. The largest absolute Gasteiger partial charge is 0.281 e. The van der Waals surface area contributed by atoms with Gasteiger partial charge in [-0.25, -0.2) is 17.8 Å². The third-order valence-corrected chi connectivity index (χ3v) is 2.52. The summed E-state index contributed by atoms with van der Waals surface area (Å²) in [7, 11) is 0.693. The zero-order valence-electron chi connectivity index (χ0n) is 5.46. The van der Waals surface area contributed by atoms with Crippen LogP contribution in [0.25, 0.3) is 0 Å². The van der Waals surface area contributed by atoms with Gasteiger partial charge in [0, 0.05) is 16.9 Å². The van der Waals surface area contributed by atoms with Crippen LogP contribution in [-0.2, 0) is 9.05 Å². The molecule has 0 aliphatic carbocycles. The fourth-order valence-electron chi connectivity index (χ4n) is 0.572. The SMILES string of the molecule is O=S(=O)(Cl)c1nccc(Cl)c1F. The molecule has 1 heterocycles. The first-order chi connectivity index (χ1) is 5.43. The lowest BCUT2D eigenvalue weighted by atomic mass is 10.5. The highest BCUT2D eigenvalue weighted by atomic mass is 35.7. The van der Waals surface area contributed by atoms with E-state index < -0.39 is 19.9 Å². The number of hydrogen-bond donors (Lipinski definition) is 0. The third kappa shape index (κ3) is 1.85. The molecule has 1 rings (SSSR count). The van der Waals surface area contributed by atoms with Crippen molar-refractivity contribution in [2.75, 3.05) is 0 Å². The monoisotopic (exact) mass is 229 g/mol. The van der Waals surface area contributed by atoms with Gasteiger partial charge in [0.1, 0.15) is 0 Å². The van der Waals surface area contributed by atoms with Crippen LogP contribution >= 0.6 is 22.3 Å². The Balaban J connectivity index is 3.47. The number of rotatable bonds is 1. The zero-order chi connectivity index (χ0) is 9.35. The molecule has 0 N–H and O–H groups in total. The predicted molar refractivity (Wildman–Crippen MR) is 42.2 cm³/mol. The lowest BCUT2D eigenvalue weighted by molar-refractivity contribution is 0.562. The lowest BCUT2D eigenvalue weighted by Crippen LogP contribution is -1.99. The quantitative estimate of drug-likeness (QED) is 0.691. The molecule has 0 bridgehead atoms. The van der Waals surface area contributed by atoms with E-state index in [0.29, 0.717) is 0 Å². The molecular weight excluding hydrogens is 228 g/mol. The molecule has 66 valence electrons. The van der Waals surface area contributed by atoms with Crippen LogP contribution in [0, 0.1) is 5.82 Å². The second kappa shape index (κ2) is 3.16. The molecule has 0 saturated heterocycles. The summed E-state index contributed by atoms with van der Waals surface area (Å²) in [6.45, 7) is 0. The number of pyridine rings is 1. The normalized spacial score (nSPS) is 11.6. The van der Waals surface area contributed by atoms with Crippen molar-refractivity contribution in [3.63, 3.8) is 0 Å². The smallest absolute Gasteiger partial charge is 0.241 e. The van der Waals surface area contributed by atoms with Gasteiger partial charge >= 0.3 is 0 Å². The molecule has 0 atom stereocenters. The highest BCUT2D eigenvalue weighted by Gasteiger charge is 2.19. The van der Waals surface area contributed by atoms with Crippen molar-refractivity contribution >= 4 is 31.3 Å². The van der Waals surface area contributed by atoms with Crippen LogP contribution < -0.4 is 0 Å². The average molecular weight is 230 g/mol. The summed E-state index contributed by atoms with van der Waals surface area (Å²) >= 11 is 5.28. The summed E-state index contributed by atoms with van der Waals surface area (Å²) in [6, 6.07) is 1.13. The average Bonchev–Trinajstić information content (AvgIpc) is 1.92. The van der Waals surface area contributed by atoms with Gasteiger partial charge in [0.15, 0.2) is 5.82 Å². The summed E-state index contributed by atoms with van der Waals surface area (Å²) in [5, 5.41) is -1.18. The highest BCUT2D eigenvalue weighted by Crippen LogP contribution is 2.21. The summed E-state index contributed by atoms with van der Waals surface area (Å²) in [6.07, 6.45) is 1.06. The van der Waals surface area contributed by atoms with E-state index in [4.69, 9.17) is 22.3 Å². The Kier molecular flexibility index (Phi) is 2.55. The Labute approximate surface area is 77.6 Å². The minimum absolute atomic E-state index is 0.329. The Morgan fingerprint density at radius 2 is 2.08 bits per heavy atom. The molecule has 0 aliphatic heterocycles. The maximum absolute atomic E-state index is 12.8. The Bertz CT molecular complexity index is 406. The van der Waals surface area contributed by atoms with Crippen molar-refractivity contribution in [1.82, 2.24) is 4.98 Å². The van der Waals surface area contributed by atoms with Gasteiger partial charge in [0.05, 0.1) is 5.02 Å². The highest BCUT2D eigenvalue weighted by molar-refractivity contribution is 8.13. The zero-order valence-corrected chi connectivity index (χ0v) is 7.79. The molecule has 0 spiro atoms. The summed E-state index contributed by atoms with van der Waals surface area (Å²) < 4.78 is 34.1. The van der Waals surface area contributed by atoms with Gasteiger partial charge in [-0.2, -0.15) is 0 Å². The van der Waals surface area contributed by atoms with Crippen molar-refractivity contribution in [3.8, 4) is 0 Å². The number of nitrogens with zero attached hydrogens (tertiary/aromatic N) is 1. The number of hydrogen-bond acceptors (Lipinski definition) is 3. The first-order valence-corrected chi connectivity index (χ1v) is 5.36. The Hall–Kier alpha value is -0.390. The first kappa shape index (κ1) is 9.70. The van der Waals surface area contributed by atoms with E-state index in [1.54, 1.807) is 0 Å².